The highest BCUT2D eigenvalue weighted by Crippen LogP contribution is 2.22. The normalized spacial score (nSPS) is 15.3. The van der Waals surface area contributed by atoms with Crippen LogP contribution in [0.15, 0.2) is 23.2 Å². The number of nitrogens with zero attached hydrogens (tertiary/aromatic N) is 2. The van der Waals surface area contributed by atoms with Crippen LogP contribution in [0, 0.1) is 5.82 Å². The summed E-state index contributed by atoms with van der Waals surface area (Å²) in [6.07, 6.45) is 2.10. The van der Waals surface area contributed by atoms with Gasteiger partial charge >= 0.3 is 0 Å². The van der Waals surface area contributed by atoms with Crippen molar-refractivity contribution in [3.63, 3.8) is 0 Å². The van der Waals surface area contributed by atoms with Crippen molar-refractivity contribution in [1.82, 2.24) is 10.6 Å². The minimum absolute atomic E-state index is 0. The zero-order valence-corrected chi connectivity index (χ0v) is 19.8. The molecule has 1 fully saturated rings. The maximum Gasteiger partial charge on any atom is 0.191 e. The third kappa shape index (κ3) is 8.03. The first-order chi connectivity index (χ1) is 12.4. The molecule has 0 aromatic heterocycles. The van der Waals surface area contributed by atoms with Crippen molar-refractivity contribution >= 4 is 47.4 Å². The van der Waals surface area contributed by atoms with Crippen molar-refractivity contribution in [3.05, 3.63) is 29.6 Å². The number of hydrogen-bond acceptors (Lipinski definition) is 4. The Morgan fingerprint density at radius 2 is 2.00 bits per heavy atom. The number of benzene rings is 1. The lowest BCUT2D eigenvalue weighted by atomic mass is 10.1. The van der Waals surface area contributed by atoms with Crippen LogP contribution in [-0.4, -0.2) is 56.4 Å². The van der Waals surface area contributed by atoms with Crippen LogP contribution >= 0.6 is 35.7 Å². The Hall–Kier alpha value is -0.740. The predicted octanol–water partition coefficient (Wildman–Crippen LogP) is 3.48. The Bertz CT molecular complexity index is 609. The number of thioether (sulfide) groups is 1. The summed E-state index contributed by atoms with van der Waals surface area (Å²) >= 11 is 1.81. The summed E-state index contributed by atoms with van der Waals surface area (Å²) in [6, 6.07) is 5.39. The summed E-state index contributed by atoms with van der Waals surface area (Å²) in [5.74, 6) is 0.563. The number of ether oxygens (including phenoxy) is 1. The molecule has 0 bridgehead atoms. The molecule has 0 radical (unpaired) electrons. The average Bonchev–Trinajstić information content (AvgIpc) is 2.65. The fourth-order valence-corrected chi connectivity index (χ4v) is 2.81. The minimum atomic E-state index is -0.193. The van der Waals surface area contributed by atoms with E-state index in [0.29, 0.717) is 25.4 Å². The Kier molecular flexibility index (Phi) is 10.8. The van der Waals surface area contributed by atoms with E-state index >= 15 is 0 Å². The highest BCUT2D eigenvalue weighted by Gasteiger charge is 2.17. The fourth-order valence-electron chi connectivity index (χ4n) is 2.59. The first-order valence-electron chi connectivity index (χ1n) is 9.13. The second-order valence-corrected chi connectivity index (χ2v) is 8.41. The van der Waals surface area contributed by atoms with Crippen LogP contribution in [0.5, 0.6) is 0 Å². The fraction of sp³-hybridized carbons (Fsp3) is 0.632. The zero-order valence-electron chi connectivity index (χ0n) is 16.7. The van der Waals surface area contributed by atoms with Crippen LogP contribution < -0.4 is 15.5 Å². The van der Waals surface area contributed by atoms with Crippen molar-refractivity contribution in [1.29, 1.82) is 0 Å². The van der Waals surface area contributed by atoms with Gasteiger partial charge in [0.05, 0.1) is 25.4 Å². The molecule has 5 nitrogen and oxygen atoms in total. The zero-order chi connectivity index (χ0) is 19.0. The molecule has 0 spiro atoms. The molecule has 154 valence electrons. The molecule has 1 aromatic rings. The highest BCUT2D eigenvalue weighted by atomic mass is 127. The number of nitrogens with one attached hydrogen (secondary N) is 2. The van der Waals surface area contributed by atoms with Crippen LogP contribution in [0.25, 0.3) is 0 Å². The van der Waals surface area contributed by atoms with E-state index in [1.54, 1.807) is 6.07 Å². The van der Waals surface area contributed by atoms with Gasteiger partial charge in [-0.3, -0.25) is 0 Å². The van der Waals surface area contributed by atoms with Crippen LogP contribution in [0.1, 0.15) is 26.3 Å². The van der Waals surface area contributed by atoms with Crippen LogP contribution in [-0.2, 0) is 11.3 Å². The standard InChI is InChI=1S/C19H31FN4OS.HI/c1-5-21-18(23-14-19(2,3)26-4)22-13-15-6-7-17(16(20)12-15)24-8-10-25-11-9-24;/h6-7,12H,5,8-11,13-14H2,1-4H3,(H2,21,22,23);1H. The van der Waals surface area contributed by atoms with Crippen molar-refractivity contribution in [2.24, 2.45) is 4.99 Å². The Morgan fingerprint density at radius 1 is 1.30 bits per heavy atom. The van der Waals surface area contributed by atoms with E-state index in [1.807, 2.05) is 35.7 Å². The Labute approximate surface area is 183 Å². The molecule has 0 unspecified atom stereocenters. The van der Waals surface area contributed by atoms with E-state index in [-0.39, 0.29) is 34.5 Å². The SMILES string of the molecule is CCNC(=NCc1ccc(N2CCOCC2)c(F)c1)NCC(C)(C)SC.I. The molecule has 1 aliphatic heterocycles. The lowest BCUT2D eigenvalue weighted by Crippen LogP contribution is -2.43. The number of rotatable bonds is 7. The number of hydrogen-bond donors (Lipinski definition) is 2. The number of aliphatic imine (C=N–C) groups is 1. The number of guanidine groups is 1. The second kappa shape index (κ2) is 12.0. The highest BCUT2D eigenvalue weighted by molar-refractivity contribution is 14.0. The van der Waals surface area contributed by atoms with Gasteiger partial charge in [0, 0.05) is 30.9 Å². The second-order valence-electron chi connectivity index (χ2n) is 6.90. The van der Waals surface area contributed by atoms with Gasteiger partial charge in [-0.05, 0) is 44.7 Å². The summed E-state index contributed by atoms with van der Waals surface area (Å²) < 4.78 is 19.9. The maximum atomic E-state index is 14.5. The molecule has 0 aliphatic carbocycles. The smallest absolute Gasteiger partial charge is 0.191 e. The van der Waals surface area contributed by atoms with Crippen LogP contribution in [0.3, 0.4) is 0 Å². The van der Waals surface area contributed by atoms with Gasteiger partial charge in [0.25, 0.3) is 0 Å². The largest absolute Gasteiger partial charge is 0.378 e. The van der Waals surface area contributed by atoms with Crippen molar-refractivity contribution in [2.75, 3.05) is 50.5 Å². The summed E-state index contributed by atoms with van der Waals surface area (Å²) in [5.41, 5.74) is 1.51. The molecule has 2 rings (SSSR count). The van der Waals surface area contributed by atoms with E-state index in [4.69, 9.17) is 4.74 Å². The maximum absolute atomic E-state index is 14.5. The van der Waals surface area contributed by atoms with Gasteiger partial charge in [0.2, 0.25) is 0 Å². The van der Waals surface area contributed by atoms with Gasteiger partial charge in [-0.25, -0.2) is 9.38 Å². The van der Waals surface area contributed by atoms with Gasteiger partial charge in [0.15, 0.2) is 5.96 Å². The summed E-state index contributed by atoms with van der Waals surface area (Å²) in [6.45, 7) is 11.2. The lowest BCUT2D eigenvalue weighted by Gasteiger charge is -2.29. The number of halogens is 2. The third-order valence-electron chi connectivity index (χ3n) is 4.36. The average molecular weight is 510 g/mol. The summed E-state index contributed by atoms with van der Waals surface area (Å²) in [7, 11) is 0. The molecule has 1 saturated heterocycles. The molecular formula is C19H32FIN4OS. The van der Waals surface area contributed by atoms with Crippen LogP contribution in [0.4, 0.5) is 10.1 Å². The monoisotopic (exact) mass is 510 g/mol. The van der Waals surface area contributed by atoms with E-state index < -0.39 is 0 Å². The molecule has 8 heteroatoms. The molecule has 0 atom stereocenters. The van der Waals surface area contributed by atoms with Crippen molar-refractivity contribution in [2.45, 2.75) is 32.1 Å². The van der Waals surface area contributed by atoms with E-state index in [0.717, 1.165) is 37.7 Å². The summed E-state index contributed by atoms with van der Waals surface area (Å²) in [5, 5.41) is 6.60. The number of morpholine rings is 1. The third-order valence-corrected chi connectivity index (χ3v) is 5.61. The molecule has 2 N–H and O–H groups in total. The Balaban J connectivity index is 0.00000364. The summed E-state index contributed by atoms with van der Waals surface area (Å²) in [4.78, 5) is 6.62. The lowest BCUT2D eigenvalue weighted by molar-refractivity contribution is 0.122. The van der Waals surface area contributed by atoms with E-state index in [9.17, 15) is 4.39 Å². The molecule has 1 aromatic carbocycles. The molecule has 27 heavy (non-hydrogen) atoms. The quantitative estimate of drug-likeness (QED) is 0.334. The van der Waals surface area contributed by atoms with Gasteiger partial charge in [-0.1, -0.05) is 6.07 Å². The molecule has 1 heterocycles. The molecule has 0 amide bonds. The van der Waals surface area contributed by atoms with Gasteiger partial charge < -0.3 is 20.3 Å². The van der Waals surface area contributed by atoms with Gasteiger partial charge in [-0.15, -0.1) is 24.0 Å². The van der Waals surface area contributed by atoms with E-state index in [2.05, 4.69) is 35.7 Å². The van der Waals surface area contributed by atoms with Gasteiger partial charge in [0.1, 0.15) is 5.82 Å². The first-order valence-corrected chi connectivity index (χ1v) is 10.4. The molecular weight excluding hydrogens is 478 g/mol. The molecule has 1 aliphatic rings. The van der Waals surface area contributed by atoms with E-state index in [1.165, 1.54) is 0 Å². The van der Waals surface area contributed by atoms with Crippen molar-refractivity contribution in [3.8, 4) is 0 Å². The molecule has 0 saturated carbocycles. The van der Waals surface area contributed by atoms with Crippen molar-refractivity contribution < 1.29 is 9.13 Å². The van der Waals surface area contributed by atoms with Gasteiger partial charge in [-0.2, -0.15) is 11.8 Å². The predicted molar refractivity (Wildman–Crippen MR) is 125 cm³/mol. The topological polar surface area (TPSA) is 48.9 Å². The minimum Gasteiger partial charge on any atom is -0.378 e. The first kappa shape index (κ1) is 24.3. The Morgan fingerprint density at radius 3 is 2.59 bits per heavy atom. The number of anilines is 1. The van der Waals surface area contributed by atoms with Crippen LogP contribution in [0.2, 0.25) is 0 Å².